The zero-order chi connectivity index (χ0) is 22.1. The standard InChI is InChI=1S/C20H11F6N3O/c1-11(21)18(30)28-15-8-16-13(10-29(19(22)23)17(16)27-9-15)5-2-12-3-6-14(7-4-12)20(24,25)26/h3-4,6-10,19H,1H2,(H,28,30). The van der Waals surface area contributed by atoms with Crippen molar-refractivity contribution in [2.24, 2.45) is 0 Å². The first-order chi connectivity index (χ1) is 14.1. The molecule has 1 amide bonds. The van der Waals surface area contributed by atoms with Gasteiger partial charge >= 0.3 is 12.7 Å². The van der Waals surface area contributed by atoms with Gasteiger partial charge < -0.3 is 5.32 Å². The molecule has 0 unspecified atom stereocenters. The second-order valence-corrected chi connectivity index (χ2v) is 6.01. The number of aromatic nitrogens is 2. The first kappa shape index (κ1) is 21.0. The molecular formula is C20H11F6N3O. The topological polar surface area (TPSA) is 46.9 Å². The number of hydrogen-bond donors (Lipinski definition) is 1. The zero-order valence-electron chi connectivity index (χ0n) is 14.9. The molecule has 1 aromatic carbocycles. The largest absolute Gasteiger partial charge is 0.416 e. The first-order valence-corrected chi connectivity index (χ1v) is 8.20. The van der Waals surface area contributed by atoms with E-state index in [0.717, 1.165) is 36.7 Å². The second-order valence-electron chi connectivity index (χ2n) is 6.01. The Balaban J connectivity index is 2.01. The number of carbonyl (C=O) groups excluding carboxylic acids is 1. The summed E-state index contributed by atoms with van der Waals surface area (Å²) in [6.07, 6.45) is -2.40. The van der Waals surface area contributed by atoms with Crippen LogP contribution in [0.3, 0.4) is 0 Å². The molecule has 4 nitrogen and oxygen atoms in total. The van der Waals surface area contributed by atoms with Crippen LogP contribution in [0.2, 0.25) is 0 Å². The molecular weight excluding hydrogens is 412 g/mol. The van der Waals surface area contributed by atoms with Gasteiger partial charge in [-0.2, -0.15) is 22.0 Å². The Kier molecular flexibility index (Phi) is 5.56. The van der Waals surface area contributed by atoms with Gasteiger partial charge in [-0.25, -0.2) is 9.37 Å². The lowest BCUT2D eigenvalue weighted by Crippen LogP contribution is -2.11. The fraction of sp³-hybridized carbons (Fsp3) is 0.100. The minimum Gasteiger partial charge on any atom is -0.319 e. The Morgan fingerprint density at radius 1 is 1.17 bits per heavy atom. The van der Waals surface area contributed by atoms with Crippen LogP contribution in [0.25, 0.3) is 11.0 Å². The van der Waals surface area contributed by atoms with E-state index in [-0.39, 0.29) is 27.8 Å². The fourth-order valence-electron chi connectivity index (χ4n) is 2.53. The molecule has 0 radical (unpaired) electrons. The number of carbonyl (C=O) groups is 1. The van der Waals surface area contributed by atoms with Gasteiger partial charge in [-0.05, 0) is 30.3 Å². The van der Waals surface area contributed by atoms with Crippen molar-refractivity contribution in [3.63, 3.8) is 0 Å². The molecule has 3 aromatic rings. The number of nitrogens with zero attached hydrogens (tertiary/aromatic N) is 2. The van der Waals surface area contributed by atoms with Crippen LogP contribution < -0.4 is 5.32 Å². The van der Waals surface area contributed by atoms with E-state index in [2.05, 4.69) is 28.7 Å². The highest BCUT2D eigenvalue weighted by molar-refractivity contribution is 6.02. The van der Waals surface area contributed by atoms with Crippen LogP contribution in [0.15, 0.2) is 55.1 Å². The summed E-state index contributed by atoms with van der Waals surface area (Å²) in [4.78, 5) is 15.3. The van der Waals surface area contributed by atoms with Crippen molar-refractivity contribution in [1.29, 1.82) is 0 Å². The molecule has 3 rings (SSSR count). The summed E-state index contributed by atoms with van der Waals surface area (Å²) in [5.41, 5.74) is -0.643. The molecule has 0 bridgehead atoms. The van der Waals surface area contributed by atoms with E-state index < -0.39 is 30.0 Å². The molecule has 2 aromatic heterocycles. The Hall–Kier alpha value is -3.74. The van der Waals surface area contributed by atoms with Crippen LogP contribution >= 0.6 is 0 Å². The maximum atomic E-state index is 13.3. The van der Waals surface area contributed by atoms with E-state index in [1.165, 1.54) is 6.07 Å². The van der Waals surface area contributed by atoms with Gasteiger partial charge in [0.2, 0.25) is 0 Å². The molecule has 0 atom stereocenters. The van der Waals surface area contributed by atoms with Gasteiger partial charge in [0.1, 0.15) is 5.65 Å². The van der Waals surface area contributed by atoms with Gasteiger partial charge in [0.15, 0.2) is 5.83 Å². The average molecular weight is 423 g/mol. The van der Waals surface area contributed by atoms with E-state index in [0.29, 0.717) is 4.57 Å². The monoisotopic (exact) mass is 423 g/mol. The minimum atomic E-state index is -4.49. The number of rotatable bonds is 3. The highest BCUT2D eigenvalue weighted by Gasteiger charge is 2.29. The smallest absolute Gasteiger partial charge is 0.319 e. The summed E-state index contributed by atoms with van der Waals surface area (Å²) in [5, 5.41) is 2.30. The Labute approximate surface area is 165 Å². The van der Waals surface area contributed by atoms with Crippen molar-refractivity contribution in [2.45, 2.75) is 12.7 Å². The SMILES string of the molecule is C=C(F)C(=O)Nc1cnc2c(c1)c(C#Cc1ccc(C(F)(F)F)cc1)cn2C(F)F. The Morgan fingerprint density at radius 2 is 1.83 bits per heavy atom. The van der Waals surface area contributed by atoms with Crippen LogP contribution in [-0.4, -0.2) is 15.5 Å². The molecule has 0 fully saturated rings. The maximum Gasteiger partial charge on any atom is 0.416 e. The molecule has 1 N–H and O–H groups in total. The molecule has 10 heteroatoms. The van der Waals surface area contributed by atoms with Crippen molar-refractivity contribution < 1.29 is 31.1 Å². The van der Waals surface area contributed by atoms with Gasteiger partial charge in [-0.1, -0.05) is 18.4 Å². The summed E-state index contributed by atoms with van der Waals surface area (Å²) in [5.74, 6) is 2.84. The molecule has 154 valence electrons. The quantitative estimate of drug-likeness (QED) is 0.354. The number of hydrogen-bond acceptors (Lipinski definition) is 2. The lowest BCUT2D eigenvalue weighted by molar-refractivity contribution is -0.137. The van der Waals surface area contributed by atoms with Crippen molar-refractivity contribution in [1.82, 2.24) is 9.55 Å². The molecule has 0 aliphatic rings. The van der Waals surface area contributed by atoms with Crippen molar-refractivity contribution in [2.75, 3.05) is 5.32 Å². The molecule has 30 heavy (non-hydrogen) atoms. The first-order valence-electron chi connectivity index (χ1n) is 8.20. The molecule has 0 aliphatic carbocycles. The lowest BCUT2D eigenvalue weighted by atomic mass is 10.1. The van der Waals surface area contributed by atoms with Crippen LogP contribution in [0, 0.1) is 11.8 Å². The molecule has 0 saturated heterocycles. The van der Waals surface area contributed by atoms with Gasteiger partial charge in [0.25, 0.3) is 5.91 Å². The van der Waals surface area contributed by atoms with E-state index >= 15 is 0 Å². The maximum absolute atomic E-state index is 13.3. The highest BCUT2D eigenvalue weighted by atomic mass is 19.4. The van der Waals surface area contributed by atoms with Crippen LogP contribution in [0.5, 0.6) is 0 Å². The predicted molar refractivity (Wildman–Crippen MR) is 97.3 cm³/mol. The van der Waals surface area contributed by atoms with Crippen LogP contribution in [0.4, 0.5) is 32.0 Å². The van der Waals surface area contributed by atoms with E-state index in [4.69, 9.17) is 0 Å². The third-order valence-electron chi connectivity index (χ3n) is 3.94. The number of fused-ring (bicyclic) bond motifs is 1. The van der Waals surface area contributed by atoms with Gasteiger partial charge in [0, 0.05) is 17.1 Å². The van der Waals surface area contributed by atoms with Crippen LogP contribution in [0.1, 0.15) is 23.2 Å². The molecule has 0 aliphatic heterocycles. The normalized spacial score (nSPS) is 11.3. The van der Waals surface area contributed by atoms with E-state index in [1.807, 2.05) is 0 Å². The summed E-state index contributed by atoms with van der Waals surface area (Å²) in [7, 11) is 0. The summed E-state index contributed by atoms with van der Waals surface area (Å²) in [6.45, 7) is -0.0898. The van der Waals surface area contributed by atoms with Crippen LogP contribution in [-0.2, 0) is 11.0 Å². The summed E-state index contributed by atoms with van der Waals surface area (Å²) < 4.78 is 77.9. The third-order valence-corrected chi connectivity index (χ3v) is 3.94. The number of benzene rings is 1. The Morgan fingerprint density at radius 3 is 2.40 bits per heavy atom. The number of amides is 1. The van der Waals surface area contributed by atoms with Crippen molar-refractivity contribution in [3.05, 3.63) is 71.8 Å². The summed E-state index contributed by atoms with van der Waals surface area (Å²) in [6, 6.07) is 5.29. The number of alkyl halides is 5. The molecule has 0 saturated carbocycles. The number of nitrogens with one attached hydrogen (secondary N) is 1. The number of anilines is 1. The van der Waals surface area contributed by atoms with Crippen molar-refractivity contribution in [3.8, 4) is 11.8 Å². The zero-order valence-corrected chi connectivity index (χ0v) is 14.9. The van der Waals surface area contributed by atoms with E-state index in [1.54, 1.807) is 0 Å². The predicted octanol–water partition coefficient (Wildman–Crippen LogP) is 5.27. The highest BCUT2D eigenvalue weighted by Crippen LogP contribution is 2.29. The molecule has 2 heterocycles. The van der Waals surface area contributed by atoms with Gasteiger partial charge in [-0.3, -0.25) is 9.36 Å². The second kappa shape index (κ2) is 7.94. The summed E-state index contributed by atoms with van der Waals surface area (Å²) >= 11 is 0. The lowest BCUT2D eigenvalue weighted by Gasteiger charge is -2.05. The number of pyridine rings is 1. The fourth-order valence-corrected chi connectivity index (χ4v) is 2.53. The minimum absolute atomic E-state index is 0.0240. The number of halogens is 6. The van der Waals surface area contributed by atoms with Gasteiger partial charge in [0.05, 0.1) is 23.0 Å². The Bertz CT molecular complexity index is 1180. The van der Waals surface area contributed by atoms with Crippen molar-refractivity contribution >= 4 is 22.6 Å². The average Bonchev–Trinajstić information content (AvgIpc) is 3.04. The van der Waals surface area contributed by atoms with Gasteiger partial charge in [-0.15, -0.1) is 0 Å². The third kappa shape index (κ3) is 4.46. The molecule has 0 spiro atoms. The van der Waals surface area contributed by atoms with E-state index in [9.17, 15) is 31.1 Å².